The van der Waals surface area contributed by atoms with Gasteiger partial charge in [-0.2, -0.15) is 0 Å². The molecule has 0 aromatic rings. The summed E-state index contributed by atoms with van der Waals surface area (Å²) in [5.74, 6) is 3.10. The van der Waals surface area contributed by atoms with Crippen LogP contribution in [0.15, 0.2) is 0 Å². The fraction of sp³-hybridized carbons (Fsp3) is 0.947. The van der Waals surface area contributed by atoms with Gasteiger partial charge in [-0.1, -0.05) is 6.42 Å². The predicted molar refractivity (Wildman–Crippen MR) is 87.7 cm³/mol. The zero-order valence-corrected chi connectivity index (χ0v) is 14.0. The lowest BCUT2D eigenvalue weighted by atomic mass is 9.53. The smallest absolute Gasteiger partial charge is 0.275 e. The molecule has 5 aliphatic rings. The maximum Gasteiger partial charge on any atom is 0.275 e. The molecule has 2 N–H and O–H groups in total. The van der Waals surface area contributed by atoms with E-state index in [-0.39, 0.29) is 5.54 Å². The number of nitrogens with one attached hydrogen (secondary N) is 2. The first-order valence-electron chi connectivity index (χ1n) is 9.85. The van der Waals surface area contributed by atoms with Gasteiger partial charge in [0.15, 0.2) is 6.54 Å². The topological polar surface area (TPSA) is 33.5 Å². The fourth-order valence-corrected chi connectivity index (χ4v) is 6.41. The molecule has 3 nitrogen and oxygen atoms in total. The standard InChI is InChI=1S/C19H32N2O/c22-18(14-21-6-4-2-1-3-5-7-21)20-19-11-15-8-16(12-19)10-17(9-15)13-19/h15-17H,1-14H2,(H,20,22)/p+1. The Balaban J connectivity index is 1.33. The number of rotatable bonds is 3. The molecule has 4 aliphatic carbocycles. The summed E-state index contributed by atoms with van der Waals surface area (Å²) in [5.41, 5.74) is 0.202. The van der Waals surface area contributed by atoms with E-state index in [1.54, 1.807) is 0 Å². The summed E-state index contributed by atoms with van der Waals surface area (Å²) >= 11 is 0. The van der Waals surface area contributed by atoms with E-state index in [4.69, 9.17) is 0 Å². The minimum atomic E-state index is 0.202. The van der Waals surface area contributed by atoms with Crippen molar-refractivity contribution in [2.24, 2.45) is 17.8 Å². The van der Waals surface area contributed by atoms with E-state index in [0.29, 0.717) is 5.91 Å². The highest BCUT2D eigenvalue weighted by atomic mass is 16.2. The predicted octanol–water partition coefficient (Wildman–Crippen LogP) is 1.92. The second-order valence-corrected chi connectivity index (χ2v) is 8.94. The Morgan fingerprint density at radius 3 is 1.91 bits per heavy atom. The fourth-order valence-electron chi connectivity index (χ4n) is 6.41. The van der Waals surface area contributed by atoms with Gasteiger partial charge in [0.05, 0.1) is 13.1 Å². The summed E-state index contributed by atoms with van der Waals surface area (Å²) in [6, 6.07) is 0. The number of amides is 1. The van der Waals surface area contributed by atoms with Crippen molar-refractivity contribution in [1.82, 2.24) is 5.32 Å². The van der Waals surface area contributed by atoms with Crippen molar-refractivity contribution in [2.75, 3.05) is 19.6 Å². The highest BCUT2D eigenvalue weighted by Crippen LogP contribution is 2.55. The number of hydrogen-bond acceptors (Lipinski definition) is 1. The van der Waals surface area contributed by atoms with Gasteiger partial charge in [0, 0.05) is 5.54 Å². The van der Waals surface area contributed by atoms with Crippen LogP contribution in [-0.4, -0.2) is 31.1 Å². The average Bonchev–Trinajstić information content (AvgIpc) is 2.39. The third-order valence-electron chi connectivity index (χ3n) is 6.91. The largest absolute Gasteiger partial charge is 0.346 e. The summed E-state index contributed by atoms with van der Waals surface area (Å²) in [6.07, 6.45) is 14.9. The lowest BCUT2D eigenvalue weighted by Crippen LogP contribution is -3.13. The van der Waals surface area contributed by atoms with Crippen molar-refractivity contribution >= 4 is 5.91 Å². The van der Waals surface area contributed by atoms with Gasteiger partial charge < -0.3 is 10.2 Å². The van der Waals surface area contributed by atoms with Crippen LogP contribution in [0.4, 0.5) is 0 Å². The molecule has 1 heterocycles. The van der Waals surface area contributed by atoms with Crippen molar-refractivity contribution in [2.45, 2.75) is 76.2 Å². The Hall–Kier alpha value is -0.570. The van der Waals surface area contributed by atoms with E-state index in [1.165, 1.54) is 88.6 Å². The molecule has 0 aromatic heterocycles. The first-order valence-corrected chi connectivity index (χ1v) is 9.85. The molecule has 1 amide bonds. The van der Waals surface area contributed by atoms with Crippen LogP contribution in [0, 0.1) is 17.8 Å². The van der Waals surface area contributed by atoms with Crippen molar-refractivity contribution in [3.8, 4) is 0 Å². The summed E-state index contributed by atoms with van der Waals surface area (Å²) in [5, 5.41) is 3.55. The van der Waals surface area contributed by atoms with Gasteiger partial charge in [-0.05, 0) is 82.0 Å². The Labute approximate surface area is 135 Å². The van der Waals surface area contributed by atoms with Gasteiger partial charge in [0.2, 0.25) is 0 Å². The van der Waals surface area contributed by atoms with Crippen LogP contribution in [-0.2, 0) is 4.79 Å². The van der Waals surface area contributed by atoms with Gasteiger partial charge in [-0.25, -0.2) is 0 Å². The lowest BCUT2D eigenvalue weighted by Gasteiger charge is -2.56. The zero-order valence-electron chi connectivity index (χ0n) is 14.0. The van der Waals surface area contributed by atoms with Crippen molar-refractivity contribution in [1.29, 1.82) is 0 Å². The van der Waals surface area contributed by atoms with Gasteiger partial charge in [-0.3, -0.25) is 4.79 Å². The molecule has 0 radical (unpaired) electrons. The third kappa shape index (κ3) is 3.20. The van der Waals surface area contributed by atoms with E-state index in [0.717, 1.165) is 24.3 Å². The van der Waals surface area contributed by atoms with Crippen molar-refractivity contribution in [3.63, 3.8) is 0 Å². The van der Waals surface area contributed by atoms with E-state index in [9.17, 15) is 4.79 Å². The number of likely N-dealkylation sites (tertiary alicyclic amines) is 1. The van der Waals surface area contributed by atoms with Crippen LogP contribution in [0.25, 0.3) is 0 Å². The van der Waals surface area contributed by atoms with Crippen LogP contribution < -0.4 is 10.2 Å². The van der Waals surface area contributed by atoms with Gasteiger partial charge in [0.25, 0.3) is 5.91 Å². The quantitative estimate of drug-likeness (QED) is 0.821. The first kappa shape index (κ1) is 15.0. The summed E-state index contributed by atoms with van der Waals surface area (Å²) in [7, 11) is 0. The number of hydrogen-bond donors (Lipinski definition) is 2. The monoisotopic (exact) mass is 305 g/mol. The molecule has 0 atom stereocenters. The maximum atomic E-state index is 12.7. The van der Waals surface area contributed by atoms with Crippen molar-refractivity contribution in [3.05, 3.63) is 0 Å². The van der Waals surface area contributed by atoms with Crippen LogP contribution in [0.5, 0.6) is 0 Å². The molecule has 0 aromatic carbocycles. The minimum Gasteiger partial charge on any atom is -0.346 e. The second-order valence-electron chi connectivity index (χ2n) is 8.94. The molecule has 0 spiro atoms. The van der Waals surface area contributed by atoms with Crippen LogP contribution in [0.3, 0.4) is 0 Å². The summed E-state index contributed by atoms with van der Waals surface area (Å²) in [6.45, 7) is 3.13. The lowest BCUT2D eigenvalue weighted by molar-refractivity contribution is -0.893. The Bertz CT molecular complexity index is 376. The number of quaternary nitrogens is 1. The van der Waals surface area contributed by atoms with Gasteiger partial charge in [0.1, 0.15) is 0 Å². The van der Waals surface area contributed by atoms with Crippen LogP contribution >= 0.6 is 0 Å². The molecule has 4 saturated carbocycles. The molecular formula is C19H33N2O+. The number of carbonyl (C=O) groups is 1. The minimum absolute atomic E-state index is 0.202. The Kier molecular flexibility index (Phi) is 4.19. The first-order chi connectivity index (χ1) is 10.7. The second kappa shape index (κ2) is 6.14. The Morgan fingerprint density at radius 2 is 1.36 bits per heavy atom. The van der Waals surface area contributed by atoms with Crippen LogP contribution in [0.2, 0.25) is 0 Å². The Morgan fingerprint density at radius 1 is 0.864 bits per heavy atom. The SMILES string of the molecule is O=C(C[NH+]1CCCCCCC1)NC12CC3CC(CC(C3)C1)C2. The van der Waals surface area contributed by atoms with E-state index in [2.05, 4.69) is 5.32 Å². The summed E-state index contributed by atoms with van der Waals surface area (Å²) < 4.78 is 0. The highest BCUT2D eigenvalue weighted by Gasteiger charge is 2.51. The highest BCUT2D eigenvalue weighted by molar-refractivity contribution is 5.77. The molecule has 4 bridgehead atoms. The molecule has 5 fully saturated rings. The normalized spacial score (nSPS) is 41.9. The average molecular weight is 305 g/mol. The van der Waals surface area contributed by atoms with Gasteiger partial charge in [-0.15, -0.1) is 0 Å². The molecule has 5 rings (SSSR count). The number of carbonyl (C=O) groups excluding carboxylic acids is 1. The van der Waals surface area contributed by atoms with E-state index in [1.807, 2.05) is 0 Å². The molecule has 1 aliphatic heterocycles. The van der Waals surface area contributed by atoms with Gasteiger partial charge >= 0.3 is 0 Å². The van der Waals surface area contributed by atoms with E-state index >= 15 is 0 Å². The molecule has 22 heavy (non-hydrogen) atoms. The molecule has 1 saturated heterocycles. The zero-order chi connectivity index (χ0) is 15.0. The maximum absolute atomic E-state index is 12.7. The van der Waals surface area contributed by atoms with Crippen LogP contribution in [0.1, 0.15) is 70.6 Å². The molecule has 0 unspecified atom stereocenters. The van der Waals surface area contributed by atoms with E-state index < -0.39 is 0 Å². The third-order valence-corrected chi connectivity index (χ3v) is 6.91. The molecular weight excluding hydrogens is 272 g/mol. The molecule has 124 valence electrons. The molecule has 3 heteroatoms. The summed E-state index contributed by atoms with van der Waals surface area (Å²) in [4.78, 5) is 14.2. The van der Waals surface area contributed by atoms with Crippen molar-refractivity contribution < 1.29 is 9.69 Å².